The summed E-state index contributed by atoms with van der Waals surface area (Å²) in [7, 11) is 0. The first-order valence-electron chi connectivity index (χ1n) is 4.19. The third-order valence-corrected chi connectivity index (χ3v) is 2.16. The van der Waals surface area contributed by atoms with Crippen LogP contribution in [0.5, 0.6) is 0 Å². The van der Waals surface area contributed by atoms with Crippen LogP contribution >= 0.6 is 11.6 Å². The number of fused-ring (bicyclic) bond motifs is 1. The number of rotatable bonds is 1. The Morgan fingerprint density at radius 3 is 3.07 bits per heavy atom. The molecular formula is C8H5ClN6. The highest BCUT2D eigenvalue weighted by molar-refractivity contribution is 6.29. The maximum Gasteiger partial charge on any atom is 0.255 e. The predicted molar refractivity (Wildman–Crippen MR) is 52.9 cm³/mol. The molecule has 0 saturated heterocycles. The molecule has 6 nitrogen and oxygen atoms in total. The fourth-order valence-corrected chi connectivity index (χ4v) is 1.52. The lowest BCUT2D eigenvalue weighted by Gasteiger charge is -2.03. The van der Waals surface area contributed by atoms with Crippen molar-refractivity contribution in [3.63, 3.8) is 0 Å². The van der Waals surface area contributed by atoms with Crippen molar-refractivity contribution in [3.8, 4) is 5.82 Å². The molecule has 0 spiro atoms. The fraction of sp³-hybridized carbons (Fsp3) is 0. The zero-order chi connectivity index (χ0) is 10.3. The highest BCUT2D eigenvalue weighted by Gasteiger charge is 2.07. The van der Waals surface area contributed by atoms with Gasteiger partial charge in [-0.25, -0.2) is 4.98 Å². The molecule has 3 aromatic rings. The Morgan fingerprint density at radius 1 is 1.33 bits per heavy atom. The Hall–Kier alpha value is -1.95. The lowest BCUT2D eigenvalue weighted by Crippen LogP contribution is -2.03. The number of aromatic nitrogens is 6. The number of hydrogen-bond acceptors (Lipinski definition) is 4. The lowest BCUT2D eigenvalue weighted by atomic mass is 10.5. The first-order valence-corrected chi connectivity index (χ1v) is 4.57. The normalized spacial score (nSPS) is 11.0. The standard InChI is InChI=1S/C8H5ClN6/c9-6-3-7(14-2-1-10-5-14)15-8(13-6)11-4-12-15/h1-5H. The lowest BCUT2D eigenvalue weighted by molar-refractivity contribution is 0.853. The minimum atomic E-state index is 0.374. The maximum atomic E-state index is 5.87. The third kappa shape index (κ3) is 1.26. The van der Waals surface area contributed by atoms with Gasteiger partial charge in [0.1, 0.15) is 23.6 Å². The van der Waals surface area contributed by atoms with E-state index in [0.717, 1.165) is 5.82 Å². The van der Waals surface area contributed by atoms with Crippen LogP contribution in [-0.2, 0) is 0 Å². The Bertz CT molecular complexity index is 599. The summed E-state index contributed by atoms with van der Waals surface area (Å²) in [6.07, 6.45) is 6.57. The molecule has 0 bridgehead atoms. The summed E-state index contributed by atoms with van der Waals surface area (Å²) < 4.78 is 3.38. The van der Waals surface area contributed by atoms with Crippen LogP contribution in [0, 0.1) is 0 Å². The van der Waals surface area contributed by atoms with Gasteiger partial charge < -0.3 is 0 Å². The van der Waals surface area contributed by atoms with E-state index in [9.17, 15) is 0 Å². The van der Waals surface area contributed by atoms with E-state index in [0.29, 0.717) is 10.9 Å². The quantitative estimate of drug-likeness (QED) is 0.573. The van der Waals surface area contributed by atoms with E-state index in [-0.39, 0.29) is 0 Å². The van der Waals surface area contributed by atoms with Gasteiger partial charge >= 0.3 is 0 Å². The van der Waals surface area contributed by atoms with Gasteiger partial charge in [0.2, 0.25) is 0 Å². The topological polar surface area (TPSA) is 60.9 Å². The van der Waals surface area contributed by atoms with Crippen molar-refractivity contribution in [3.05, 3.63) is 36.3 Å². The average molecular weight is 221 g/mol. The maximum absolute atomic E-state index is 5.87. The largest absolute Gasteiger partial charge is 0.290 e. The molecule has 0 unspecified atom stereocenters. The summed E-state index contributed by atoms with van der Waals surface area (Å²) in [6.45, 7) is 0. The molecule has 0 N–H and O–H groups in total. The van der Waals surface area contributed by atoms with Gasteiger partial charge in [0, 0.05) is 18.5 Å². The van der Waals surface area contributed by atoms with Crippen molar-refractivity contribution in [1.82, 2.24) is 29.1 Å². The van der Waals surface area contributed by atoms with Crippen LogP contribution < -0.4 is 0 Å². The molecule has 0 aliphatic carbocycles. The SMILES string of the molecule is Clc1cc(-n2ccnc2)n2ncnc2n1. The number of nitrogens with zero attached hydrogens (tertiary/aromatic N) is 6. The summed E-state index contributed by atoms with van der Waals surface area (Å²) in [5.74, 6) is 1.21. The molecule has 0 aromatic carbocycles. The zero-order valence-corrected chi connectivity index (χ0v) is 8.20. The molecular weight excluding hydrogens is 216 g/mol. The van der Waals surface area contributed by atoms with Gasteiger partial charge in [0.15, 0.2) is 0 Å². The van der Waals surface area contributed by atoms with Gasteiger partial charge in [-0.3, -0.25) is 4.57 Å². The molecule has 7 heteroatoms. The van der Waals surface area contributed by atoms with Crippen LogP contribution in [0.2, 0.25) is 5.15 Å². The smallest absolute Gasteiger partial charge is 0.255 e. The summed E-state index contributed by atoms with van der Waals surface area (Å²) in [5, 5.41) is 4.43. The summed E-state index contributed by atoms with van der Waals surface area (Å²) in [4.78, 5) is 12.0. The van der Waals surface area contributed by atoms with Crippen molar-refractivity contribution in [1.29, 1.82) is 0 Å². The van der Waals surface area contributed by atoms with Crippen LogP contribution in [0.4, 0.5) is 0 Å². The van der Waals surface area contributed by atoms with Gasteiger partial charge in [-0.1, -0.05) is 11.6 Å². The Kier molecular flexibility index (Phi) is 1.69. The number of halogens is 1. The molecule has 0 aliphatic rings. The van der Waals surface area contributed by atoms with E-state index in [2.05, 4.69) is 20.1 Å². The molecule has 3 rings (SSSR count). The van der Waals surface area contributed by atoms with Crippen molar-refractivity contribution in [2.24, 2.45) is 0 Å². The predicted octanol–water partition coefficient (Wildman–Crippen LogP) is 0.963. The van der Waals surface area contributed by atoms with Crippen LogP contribution in [0.3, 0.4) is 0 Å². The average Bonchev–Trinajstić information content (AvgIpc) is 2.86. The van der Waals surface area contributed by atoms with E-state index in [1.54, 1.807) is 33.9 Å². The number of hydrogen-bond donors (Lipinski definition) is 0. The Balaban J connectivity index is 2.38. The monoisotopic (exact) mass is 220 g/mol. The molecule has 15 heavy (non-hydrogen) atoms. The van der Waals surface area contributed by atoms with E-state index in [1.165, 1.54) is 6.33 Å². The second-order valence-electron chi connectivity index (χ2n) is 2.88. The van der Waals surface area contributed by atoms with Crippen molar-refractivity contribution < 1.29 is 0 Å². The van der Waals surface area contributed by atoms with Crippen LogP contribution in [-0.4, -0.2) is 29.1 Å². The molecule has 3 heterocycles. The minimum absolute atomic E-state index is 0.374. The number of imidazole rings is 1. The van der Waals surface area contributed by atoms with E-state index in [1.807, 2.05) is 0 Å². The van der Waals surface area contributed by atoms with Gasteiger partial charge in [0.05, 0.1) is 0 Å². The van der Waals surface area contributed by atoms with Gasteiger partial charge in [-0.2, -0.15) is 19.6 Å². The van der Waals surface area contributed by atoms with Crippen molar-refractivity contribution in [2.75, 3.05) is 0 Å². The summed E-state index contributed by atoms with van der Waals surface area (Å²) >= 11 is 5.87. The first-order chi connectivity index (χ1) is 7.34. The molecule has 0 fully saturated rings. The summed E-state index contributed by atoms with van der Waals surface area (Å²) in [5.41, 5.74) is 0. The highest BCUT2D eigenvalue weighted by atomic mass is 35.5. The molecule has 0 aliphatic heterocycles. The molecule has 0 radical (unpaired) electrons. The van der Waals surface area contributed by atoms with E-state index >= 15 is 0 Å². The van der Waals surface area contributed by atoms with Gasteiger partial charge in [-0.15, -0.1) is 0 Å². The van der Waals surface area contributed by atoms with Crippen LogP contribution in [0.15, 0.2) is 31.1 Å². The molecule has 0 amide bonds. The van der Waals surface area contributed by atoms with Crippen molar-refractivity contribution in [2.45, 2.75) is 0 Å². The van der Waals surface area contributed by atoms with E-state index in [4.69, 9.17) is 11.6 Å². The van der Waals surface area contributed by atoms with Crippen molar-refractivity contribution >= 4 is 17.4 Å². The van der Waals surface area contributed by atoms with Gasteiger partial charge in [-0.05, 0) is 0 Å². The first kappa shape index (κ1) is 8.37. The summed E-state index contributed by atoms with van der Waals surface area (Å²) in [6, 6.07) is 1.70. The second kappa shape index (κ2) is 3.03. The van der Waals surface area contributed by atoms with E-state index < -0.39 is 0 Å². The second-order valence-corrected chi connectivity index (χ2v) is 3.27. The van der Waals surface area contributed by atoms with Crippen LogP contribution in [0.25, 0.3) is 11.6 Å². The Morgan fingerprint density at radius 2 is 2.27 bits per heavy atom. The fourth-order valence-electron chi connectivity index (χ4n) is 1.35. The highest BCUT2D eigenvalue weighted by Crippen LogP contribution is 2.13. The Labute approximate surface area is 89.2 Å². The zero-order valence-electron chi connectivity index (χ0n) is 7.45. The molecule has 0 saturated carbocycles. The molecule has 74 valence electrons. The minimum Gasteiger partial charge on any atom is -0.290 e. The molecule has 3 aromatic heterocycles. The molecule has 0 atom stereocenters. The van der Waals surface area contributed by atoms with Crippen LogP contribution in [0.1, 0.15) is 0 Å². The van der Waals surface area contributed by atoms with Gasteiger partial charge in [0.25, 0.3) is 5.78 Å². The third-order valence-electron chi connectivity index (χ3n) is 1.97.